The molecule has 0 radical (unpaired) electrons. The average Bonchev–Trinajstić information content (AvgIpc) is 2.95. The zero-order chi connectivity index (χ0) is 28.9. The maximum absolute atomic E-state index is 12.7. The van der Waals surface area contributed by atoms with Crippen molar-refractivity contribution >= 4 is 5.97 Å². The van der Waals surface area contributed by atoms with E-state index in [0.717, 1.165) is 36.2 Å². The van der Waals surface area contributed by atoms with Crippen molar-refractivity contribution < 1.29 is 18.8 Å². The Bertz CT molecular complexity index is 894. The van der Waals surface area contributed by atoms with Gasteiger partial charge in [0.2, 0.25) is 0 Å². The van der Waals surface area contributed by atoms with Gasteiger partial charge in [0.05, 0.1) is 20.6 Å². The lowest BCUT2D eigenvalue weighted by atomic mass is 10.0. The molecular weight excluding hydrogens is 494 g/mol. The number of hydrogen-bond donors (Lipinski definition) is 0. The molecule has 0 aliphatic heterocycles. The molecule has 1 atom stereocenters. The minimum absolute atomic E-state index is 0.113. The molecule has 0 fully saturated rings. The Kier molecular flexibility index (Phi) is 17.4. The third-order valence-corrected chi connectivity index (χ3v) is 7.83. The molecule has 0 saturated heterocycles. The van der Waals surface area contributed by atoms with Crippen LogP contribution in [-0.2, 0) is 22.5 Å². The number of ether oxygens (including phenoxy) is 2. The first-order valence-corrected chi connectivity index (χ1v) is 16.2. The fourth-order valence-electron chi connectivity index (χ4n) is 5.45. The minimum atomic E-state index is -0.122. The van der Waals surface area contributed by atoms with Crippen LogP contribution in [0, 0.1) is 5.92 Å². The molecule has 0 N–H and O–H groups in total. The van der Waals surface area contributed by atoms with E-state index in [1.54, 1.807) is 0 Å². The number of esters is 1. The second-order valence-electron chi connectivity index (χ2n) is 12.2. The number of benzene rings is 2. The lowest BCUT2D eigenvalue weighted by Crippen LogP contribution is -2.44. The van der Waals surface area contributed by atoms with Crippen LogP contribution in [-0.4, -0.2) is 44.3 Å². The molecule has 0 heterocycles. The molecule has 2 rings (SSSR count). The van der Waals surface area contributed by atoms with E-state index in [4.69, 9.17) is 9.47 Å². The summed E-state index contributed by atoms with van der Waals surface area (Å²) in [5, 5.41) is 0. The number of carbonyl (C=O) groups excluding carboxylic acids is 1. The first kappa shape index (κ1) is 33.9. The summed E-state index contributed by atoms with van der Waals surface area (Å²) in [5.41, 5.74) is 2.65. The van der Waals surface area contributed by atoms with Crippen LogP contribution in [0.2, 0.25) is 0 Å². The predicted octanol–water partition coefficient (Wildman–Crippen LogP) is 9.16. The van der Waals surface area contributed by atoms with Crippen LogP contribution in [0.3, 0.4) is 0 Å². The summed E-state index contributed by atoms with van der Waals surface area (Å²) in [6.45, 7) is 6.65. The molecule has 2 aromatic carbocycles. The van der Waals surface area contributed by atoms with E-state index in [1.807, 2.05) is 18.2 Å². The Morgan fingerprint density at radius 2 is 1.27 bits per heavy atom. The van der Waals surface area contributed by atoms with Gasteiger partial charge in [-0.25, -0.2) is 0 Å². The minimum Gasteiger partial charge on any atom is -0.490 e. The van der Waals surface area contributed by atoms with Crippen molar-refractivity contribution in [3.8, 4) is 5.75 Å². The standard InChI is InChI=1S/C36H58NO3/c1-5-7-8-9-10-11-12-13-14-15-16-18-21-32-24-26-35(27-25-32)39-28-29-40-36(38)34(6-2)31-37(3,4)30-33-22-19-17-20-23-33/h17,19-20,22-27,34H,5-16,18,21,28-31H2,1-4H3/q+1. The van der Waals surface area contributed by atoms with E-state index < -0.39 is 0 Å². The molecule has 2 aromatic rings. The molecule has 224 valence electrons. The van der Waals surface area contributed by atoms with Crippen LogP contribution in [0.15, 0.2) is 54.6 Å². The van der Waals surface area contributed by atoms with E-state index in [0.29, 0.717) is 6.61 Å². The van der Waals surface area contributed by atoms with Gasteiger partial charge in [0.25, 0.3) is 0 Å². The zero-order valence-corrected chi connectivity index (χ0v) is 26.2. The number of hydrogen-bond acceptors (Lipinski definition) is 3. The van der Waals surface area contributed by atoms with E-state index in [1.165, 1.54) is 88.2 Å². The van der Waals surface area contributed by atoms with Gasteiger partial charge in [-0.3, -0.25) is 4.79 Å². The van der Waals surface area contributed by atoms with E-state index >= 15 is 0 Å². The Hall–Kier alpha value is -2.33. The summed E-state index contributed by atoms with van der Waals surface area (Å²) in [7, 11) is 4.35. The van der Waals surface area contributed by atoms with Gasteiger partial charge in [-0.1, -0.05) is 127 Å². The monoisotopic (exact) mass is 552 g/mol. The number of quaternary nitrogens is 1. The number of unbranched alkanes of at least 4 members (excludes halogenated alkanes) is 11. The first-order chi connectivity index (χ1) is 19.4. The number of rotatable bonds is 23. The molecule has 40 heavy (non-hydrogen) atoms. The van der Waals surface area contributed by atoms with Gasteiger partial charge in [0.15, 0.2) is 0 Å². The largest absolute Gasteiger partial charge is 0.490 e. The van der Waals surface area contributed by atoms with Gasteiger partial charge in [-0.2, -0.15) is 0 Å². The molecule has 0 spiro atoms. The molecule has 0 aliphatic rings. The Morgan fingerprint density at radius 1 is 0.700 bits per heavy atom. The molecule has 0 saturated carbocycles. The average molecular weight is 553 g/mol. The SMILES string of the molecule is CCCCCCCCCCCCCCc1ccc(OCCOC(=O)C(CC)C[N+](C)(C)Cc2ccccc2)cc1. The van der Waals surface area contributed by atoms with Crippen molar-refractivity contribution in [1.29, 1.82) is 0 Å². The van der Waals surface area contributed by atoms with Gasteiger partial charge in [-0.05, 0) is 37.0 Å². The van der Waals surface area contributed by atoms with Crippen LogP contribution in [0.25, 0.3) is 0 Å². The van der Waals surface area contributed by atoms with Crippen LogP contribution >= 0.6 is 0 Å². The van der Waals surface area contributed by atoms with Crippen molar-refractivity contribution in [2.24, 2.45) is 5.92 Å². The maximum Gasteiger partial charge on any atom is 0.314 e. The van der Waals surface area contributed by atoms with Crippen molar-refractivity contribution in [1.82, 2.24) is 0 Å². The van der Waals surface area contributed by atoms with Gasteiger partial charge in [0, 0.05) is 5.56 Å². The zero-order valence-electron chi connectivity index (χ0n) is 26.2. The summed E-state index contributed by atoms with van der Waals surface area (Å²) < 4.78 is 12.2. The number of aryl methyl sites for hydroxylation is 1. The maximum atomic E-state index is 12.7. The quantitative estimate of drug-likeness (QED) is 0.0783. The van der Waals surface area contributed by atoms with Crippen molar-refractivity contribution in [3.05, 3.63) is 65.7 Å². The Morgan fingerprint density at radius 3 is 1.85 bits per heavy atom. The third kappa shape index (κ3) is 15.5. The molecule has 4 heteroatoms. The highest BCUT2D eigenvalue weighted by atomic mass is 16.6. The van der Waals surface area contributed by atoms with Gasteiger partial charge in [0.1, 0.15) is 31.4 Å². The first-order valence-electron chi connectivity index (χ1n) is 16.2. The number of carbonyl (C=O) groups is 1. The number of nitrogens with zero attached hydrogens (tertiary/aromatic N) is 1. The van der Waals surface area contributed by atoms with Gasteiger partial charge >= 0.3 is 5.97 Å². The smallest absolute Gasteiger partial charge is 0.314 e. The lowest BCUT2D eigenvalue weighted by Gasteiger charge is -2.32. The summed E-state index contributed by atoms with van der Waals surface area (Å²) in [4.78, 5) is 12.7. The van der Waals surface area contributed by atoms with Crippen LogP contribution in [0.4, 0.5) is 0 Å². The molecule has 0 amide bonds. The fraction of sp³-hybridized carbons (Fsp3) is 0.639. The molecule has 0 aliphatic carbocycles. The second-order valence-corrected chi connectivity index (χ2v) is 12.2. The van der Waals surface area contributed by atoms with E-state index in [2.05, 4.69) is 64.3 Å². The van der Waals surface area contributed by atoms with Crippen LogP contribution in [0.1, 0.15) is 108 Å². The summed E-state index contributed by atoms with van der Waals surface area (Å²) >= 11 is 0. The molecule has 0 aromatic heterocycles. The Balaban J connectivity index is 1.54. The summed E-state index contributed by atoms with van der Waals surface area (Å²) in [6, 6.07) is 18.9. The van der Waals surface area contributed by atoms with Crippen molar-refractivity contribution in [3.63, 3.8) is 0 Å². The van der Waals surface area contributed by atoms with E-state index in [9.17, 15) is 4.79 Å². The highest BCUT2D eigenvalue weighted by molar-refractivity contribution is 5.72. The summed E-state index contributed by atoms with van der Waals surface area (Å²) in [5.74, 6) is 0.601. The summed E-state index contributed by atoms with van der Waals surface area (Å²) in [6.07, 6.45) is 18.5. The van der Waals surface area contributed by atoms with Crippen molar-refractivity contribution in [2.75, 3.05) is 33.9 Å². The lowest BCUT2D eigenvalue weighted by molar-refractivity contribution is -0.906. The molecule has 1 unspecified atom stereocenters. The predicted molar refractivity (Wildman–Crippen MR) is 169 cm³/mol. The van der Waals surface area contributed by atoms with Crippen LogP contribution in [0.5, 0.6) is 5.75 Å². The second kappa shape index (κ2) is 20.5. The topological polar surface area (TPSA) is 35.5 Å². The highest BCUT2D eigenvalue weighted by Gasteiger charge is 2.28. The molecule has 0 bridgehead atoms. The fourth-order valence-corrected chi connectivity index (χ4v) is 5.45. The third-order valence-electron chi connectivity index (χ3n) is 7.83. The highest BCUT2D eigenvalue weighted by Crippen LogP contribution is 2.18. The normalized spacial score (nSPS) is 12.3. The van der Waals surface area contributed by atoms with Crippen LogP contribution < -0.4 is 4.74 Å². The molecule has 4 nitrogen and oxygen atoms in total. The van der Waals surface area contributed by atoms with E-state index in [-0.39, 0.29) is 18.5 Å². The molecular formula is C36H58NO3+. The van der Waals surface area contributed by atoms with Gasteiger partial charge in [-0.15, -0.1) is 0 Å². The van der Waals surface area contributed by atoms with Gasteiger partial charge < -0.3 is 14.0 Å². The van der Waals surface area contributed by atoms with Crippen molar-refractivity contribution in [2.45, 2.75) is 110 Å². The Labute approximate surface area is 246 Å².